The van der Waals surface area contributed by atoms with E-state index < -0.39 is 0 Å². The number of nitrogens with one attached hydrogen (secondary N) is 1. The summed E-state index contributed by atoms with van der Waals surface area (Å²) in [6.07, 6.45) is 5.58. The second-order valence-corrected chi connectivity index (χ2v) is 5.06. The molecule has 1 heterocycles. The van der Waals surface area contributed by atoms with Crippen molar-refractivity contribution < 1.29 is 0 Å². The number of aromatic nitrogens is 1. The molecule has 1 N–H and O–H groups in total. The van der Waals surface area contributed by atoms with Crippen LogP contribution in [0.15, 0.2) is 24.5 Å². The van der Waals surface area contributed by atoms with Crippen molar-refractivity contribution >= 4 is 0 Å². The first kappa shape index (κ1) is 13.7. The Morgan fingerprint density at radius 3 is 2.65 bits per heavy atom. The molecule has 92 valence electrons. The Morgan fingerprint density at radius 2 is 2.06 bits per heavy atom. The van der Waals surface area contributed by atoms with Crippen LogP contribution in [0.5, 0.6) is 0 Å². The van der Waals surface area contributed by atoms with Crippen LogP contribution in [-0.4, -0.2) is 11.5 Å². The summed E-state index contributed by atoms with van der Waals surface area (Å²) in [6.45, 7) is 7.05. The number of nitriles is 1. The first-order valence-corrected chi connectivity index (χ1v) is 6.10. The molecule has 0 bridgehead atoms. The first-order valence-electron chi connectivity index (χ1n) is 6.10. The minimum atomic E-state index is -0.207. The highest BCUT2D eigenvalue weighted by Crippen LogP contribution is 2.20. The van der Waals surface area contributed by atoms with Crippen LogP contribution in [0.25, 0.3) is 0 Å². The van der Waals surface area contributed by atoms with Gasteiger partial charge in [-0.25, -0.2) is 0 Å². The molecule has 0 unspecified atom stereocenters. The summed E-state index contributed by atoms with van der Waals surface area (Å²) in [5.41, 5.74) is 1.04. The Labute approximate surface area is 104 Å². The molecule has 1 atom stereocenters. The van der Waals surface area contributed by atoms with Crippen molar-refractivity contribution in [2.75, 3.05) is 6.54 Å². The Hall–Kier alpha value is -1.40. The number of hydrogen-bond acceptors (Lipinski definition) is 3. The van der Waals surface area contributed by atoms with E-state index in [0.717, 1.165) is 19.4 Å². The Morgan fingerprint density at radius 1 is 1.41 bits per heavy atom. The molecule has 17 heavy (non-hydrogen) atoms. The number of hydrogen-bond donors (Lipinski definition) is 1. The molecule has 0 aliphatic carbocycles. The lowest BCUT2D eigenvalue weighted by atomic mass is 9.90. The summed E-state index contributed by atoms with van der Waals surface area (Å²) in [7, 11) is 0. The van der Waals surface area contributed by atoms with Crippen LogP contribution in [-0.2, 0) is 0 Å². The molecule has 0 saturated carbocycles. The smallest absolute Gasteiger partial charge is 0.0683 e. The average molecular weight is 231 g/mol. The van der Waals surface area contributed by atoms with Gasteiger partial charge in [-0.2, -0.15) is 5.26 Å². The predicted molar refractivity (Wildman–Crippen MR) is 69.3 cm³/mol. The van der Waals surface area contributed by atoms with E-state index in [1.807, 2.05) is 38.4 Å². The molecule has 0 aromatic carbocycles. The van der Waals surface area contributed by atoms with Crippen molar-refractivity contribution in [3.8, 4) is 6.07 Å². The van der Waals surface area contributed by atoms with Crippen LogP contribution in [0.3, 0.4) is 0 Å². The van der Waals surface area contributed by atoms with Crippen molar-refractivity contribution in [3.63, 3.8) is 0 Å². The molecule has 0 saturated heterocycles. The second-order valence-electron chi connectivity index (χ2n) is 5.06. The minimum absolute atomic E-state index is 0.207. The molecule has 0 spiro atoms. The zero-order chi connectivity index (χ0) is 12.7. The van der Waals surface area contributed by atoms with Crippen LogP contribution in [0, 0.1) is 16.7 Å². The Bertz CT molecular complexity index is 365. The topological polar surface area (TPSA) is 48.7 Å². The van der Waals surface area contributed by atoms with Crippen LogP contribution in [0.2, 0.25) is 0 Å². The van der Waals surface area contributed by atoms with Crippen molar-refractivity contribution in [1.29, 1.82) is 5.26 Å². The Balaban J connectivity index is 2.26. The highest BCUT2D eigenvalue weighted by Gasteiger charge is 2.15. The van der Waals surface area contributed by atoms with Crippen molar-refractivity contribution in [2.24, 2.45) is 5.41 Å². The molecule has 0 aliphatic rings. The third kappa shape index (κ3) is 4.97. The Kier molecular flexibility index (Phi) is 5.11. The van der Waals surface area contributed by atoms with Gasteiger partial charge < -0.3 is 5.32 Å². The summed E-state index contributed by atoms with van der Waals surface area (Å²) in [5.74, 6) is 0. The maximum Gasteiger partial charge on any atom is 0.0683 e. The quantitative estimate of drug-likeness (QED) is 0.765. The fraction of sp³-hybridized carbons (Fsp3) is 0.571. The first-order chi connectivity index (χ1) is 8.05. The normalized spacial score (nSPS) is 13.1. The van der Waals surface area contributed by atoms with E-state index in [9.17, 15) is 0 Å². The maximum absolute atomic E-state index is 8.90. The summed E-state index contributed by atoms with van der Waals surface area (Å²) in [6, 6.07) is 6.71. The lowest BCUT2D eigenvalue weighted by molar-refractivity contribution is 0.417. The van der Waals surface area contributed by atoms with Crippen LogP contribution in [0.4, 0.5) is 0 Å². The van der Waals surface area contributed by atoms with E-state index >= 15 is 0 Å². The predicted octanol–water partition coefficient (Wildman–Crippen LogP) is 3.06. The molecule has 3 nitrogen and oxygen atoms in total. The summed E-state index contributed by atoms with van der Waals surface area (Å²) in [5, 5.41) is 12.4. The van der Waals surface area contributed by atoms with E-state index in [2.05, 4.69) is 23.3 Å². The van der Waals surface area contributed by atoms with Gasteiger partial charge >= 0.3 is 0 Å². The van der Waals surface area contributed by atoms with Gasteiger partial charge in [0.25, 0.3) is 0 Å². The standard InChI is InChI=1S/C14H21N3/c1-12(13-5-9-16-10-6-13)17-8-4-7-14(2,3)11-15/h5-6,9-10,12,17H,4,7-8H2,1-3H3/t12-/m0/s1. The van der Waals surface area contributed by atoms with Gasteiger partial charge in [-0.3, -0.25) is 4.98 Å². The van der Waals surface area contributed by atoms with Gasteiger partial charge in [0.15, 0.2) is 0 Å². The zero-order valence-corrected chi connectivity index (χ0v) is 10.9. The molecule has 0 radical (unpaired) electrons. The van der Waals surface area contributed by atoms with E-state index in [-0.39, 0.29) is 5.41 Å². The lowest BCUT2D eigenvalue weighted by Gasteiger charge is -2.17. The van der Waals surface area contributed by atoms with Crippen molar-refractivity contribution in [3.05, 3.63) is 30.1 Å². The largest absolute Gasteiger partial charge is 0.310 e. The fourth-order valence-electron chi connectivity index (χ4n) is 1.67. The highest BCUT2D eigenvalue weighted by atomic mass is 14.9. The molecule has 0 fully saturated rings. The summed E-state index contributed by atoms with van der Waals surface area (Å²) < 4.78 is 0. The van der Waals surface area contributed by atoms with Gasteiger partial charge in [-0.15, -0.1) is 0 Å². The van der Waals surface area contributed by atoms with E-state index in [0.29, 0.717) is 6.04 Å². The fourth-order valence-corrected chi connectivity index (χ4v) is 1.67. The SMILES string of the molecule is C[C@H](NCCCC(C)(C)C#N)c1ccncc1. The van der Waals surface area contributed by atoms with Gasteiger partial charge in [0.05, 0.1) is 11.5 Å². The molecule has 1 rings (SSSR count). The molecule has 0 aliphatic heterocycles. The second kappa shape index (κ2) is 6.36. The minimum Gasteiger partial charge on any atom is -0.310 e. The van der Waals surface area contributed by atoms with Crippen LogP contribution in [0.1, 0.15) is 45.2 Å². The van der Waals surface area contributed by atoms with Crippen molar-refractivity contribution in [1.82, 2.24) is 10.3 Å². The highest BCUT2D eigenvalue weighted by molar-refractivity contribution is 5.13. The van der Waals surface area contributed by atoms with Gasteiger partial charge in [0.1, 0.15) is 0 Å². The van der Waals surface area contributed by atoms with Crippen LogP contribution >= 0.6 is 0 Å². The van der Waals surface area contributed by atoms with Gasteiger partial charge in [0, 0.05) is 18.4 Å². The maximum atomic E-state index is 8.90. The molecular formula is C14H21N3. The molecule has 3 heteroatoms. The van der Waals surface area contributed by atoms with E-state index in [1.54, 1.807) is 0 Å². The van der Waals surface area contributed by atoms with Gasteiger partial charge in [-0.05, 0) is 57.9 Å². The third-order valence-corrected chi connectivity index (χ3v) is 2.94. The number of rotatable bonds is 6. The molecular weight excluding hydrogens is 210 g/mol. The summed E-state index contributed by atoms with van der Waals surface area (Å²) >= 11 is 0. The summed E-state index contributed by atoms with van der Waals surface area (Å²) in [4.78, 5) is 4.00. The van der Waals surface area contributed by atoms with Crippen LogP contribution < -0.4 is 5.32 Å². The van der Waals surface area contributed by atoms with E-state index in [1.165, 1.54) is 5.56 Å². The van der Waals surface area contributed by atoms with Gasteiger partial charge in [-0.1, -0.05) is 0 Å². The lowest BCUT2D eigenvalue weighted by Crippen LogP contribution is -2.21. The monoisotopic (exact) mass is 231 g/mol. The molecule has 1 aromatic heterocycles. The average Bonchev–Trinajstić information content (AvgIpc) is 2.35. The molecule has 0 amide bonds. The van der Waals surface area contributed by atoms with E-state index in [4.69, 9.17) is 5.26 Å². The third-order valence-electron chi connectivity index (χ3n) is 2.94. The number of nitrogens with zero attached hydrogens (tertiary/aromatic N) is 2. The zero-order valence-electron chi connectivity index (χ0n) is 10.9. The number of pyridine rings is 1. The van der Waals surface area contributed by atoms with Crippen molar-refractivity contribution in [2.45, 2.75) is 39.7 Å². The van der Waals surface area contributed by atoms with Gasteiger partial charge in [0.2, 0.25) is 0 Å². The molecule has 1 aromatic rings.